The van der Waals surface area contributed by atoms with E-state index < -0.39 is 10.0 Å². The standard InChI is InChI=1S/C21H26N2O4S2/c1-2-27-20-12-11-18(29(25,26)23-13-7-4-8-14-23)15-19(20)22-21(24)16-28-17-9-5-3-6-10-17/h3,5-6,9-12,15H,2,4,7-8,13-14,16H2,1H3,(H,22,24). The molecule has 1 heterocycles. The van der Waals surface area contributed by atoms with Crippen molar-refractivity contribution in [3.05, 3.63) is 48.5 Å². The van der Waals surface area contributed by atoms with Crippen LogP contribution in [0.5, 0.6) is 5.75 Å². The number of benzene rings is 2. The lowest BCUT2D eigenvalue weighted by Gasteiger charge is -2.26. The quantitative estimate of drug-likeness (QED) is 0.636. The van der Waals surface area contributed by atoms with Gasteiger partial charge in [-0.05, 0) is 50.1 Å². The van der Waals surface area contributed by atoms with Gasteiger partial charge in [-0.25, -0.2) is 8.42 Å². The Kier molecular flexibility index (Phi) is 7.57. The SMILES string of the molecule is CCOc1ccc(S(=O)(=O)N2CCCCC2)cc1NC(=O)CSc1ccccc1. The van der Waals surface area contributed by atoms with Crippen LogP contribution in [0.25, 0.3) is 0 Å². The molecule has 1 saturated heterocycles. The second kappa shape index (κ2) is 10.1. The van der Waals surface area contributed by atoms with Gasteiger partial charge in [-0.1, -0.05) is 24.6 Å². The molecular formula is C21H26N2O4S2. The molecule has 1 aliphatic heterocycles. The van der Waals surface area contributed by atoms with Gasteiger partial charge < -0.3 is 10.1 Å². The van der Waals surface area contributed by atoms with E-state index >= 15 is 0 Å². The molecule has 0 atom stereocenters. The average Bonchev–Trinajstić information content (AvgIpc) is 2.75. The number of thioether (sulfide) groups is 1. The van der Waals surface area contributed by atoms with E-state index in [2.05, 4.69) is 5.32 Å². The van der Waals surface area contributed by atoms with Gasteiger partial charge in [0.15, 0.2) is 0 Å². The molecule has 1 aliphatic rings. The number of carbonyl (C=O) groups excluding carboxylic acids is 1. The number of nitrogens with zero attached hydrogens (tertiary/aromatic N) is 1. The molecule has 156 valence electrons. The van der Waals surface area contributed by atoms with E-state index in [1.54, 1.807) is 12.1 Å². The number of hydrogen-bond acceptors (Lipinski definition) is 5. The van der Waals surface area contributed by atoms with E-state index in [0.29, 0.717) is 31.1 Å². The van der Waals surface area contributed by atoms with Gasteiger partial charge in [0.1, 0.15) is 5.75 Å². The van der Waals surface area contributed by atoms with Crippen LogP contribution in [0.15, 0.2) is 58.3 Å². The molecule has 29 heavy (non-hydrogen) atoms. The molecule has 0 bridgehead atoms. The zero-order valence-corrected chi connectivity index (χ0v) is 18.1. The van der Waals surface area contributed by atoms with Crippen molar-refractivity contribution < 1.29 is 17.9 Å². The van der Waals surface area contributed by atoms with E-state index in [1.807, 2.05) is 37.3 Å². The minimum Gasteiger partial charge on any atom is -0.492 e. The summed E-state index contributed by atoms with van der Waals surface area (Å²) in [7, 11) is -3.59. The predicted octanol–water partition coefficient (Wildman–Crippen LogP) is 3.99. The topological polar surface area (TPSA) is 75.7 Å². The van der Waals surface area contributed by atoms with Crippen molar-refractivity contribution in [2.24, 2.45) is 0 Å². The number of amides is 1. The van der Waals surface area contributed by atoms with Crippen molar-refractivity contribution in [1.29, 1.82) is 0 Å². The second-order valence-electron chi connectivity index (χ2n) is 6.71. The third kappa shape index (κ3) is 5.74. The molecule has 1 N–H and O–H groups in total. The van der Waals surface area contributed by atoms with Crippen molar-refractivity contribution >= 4 is 33.4 Å². The van der Waals surface area contributed by atoms with Crippen LogP contribution in [-0.2, 0) is 14.8 Å². The van der Waals surface area contributed by atoms with Gasteiger partial charge in [-0.15, -0.1) is 11.8 Å². The number of hydrogen-bond donors (Lipinski definition) is 1. The lowest BCUT2D eigenvalue weighted by molar-refractivity contribution is -0.113. The number of rotatable bonds is 8. The predicted molar refractivity (Wildman–Crippen MR) is 116 cm³/mol. The molecule has 0 saturated carbocycles. The summed E-state index contributed by atoms with van der Waals surface area (Å²) in [6, 6.07) is 14.3. The van der Waals surface area contributed by atoms with Crippen LogP contribution in [0.2, 0.25) is 0 Å². The smallest absolute Gasteiger partial charge is 0.243 e. The fourth-order valence-corrected chi connectivity index (χ4v) is 5.42. The van der Waals surface area contributed by atoms with E-state index in [0.717, 1.165) is 24.2 Å². The fraction of sp³-hybridized carbons (Fsp3) is 0.381. The van der Waals surface area contributed by atoms with Gasteiger partial charge in [0.2, 0.25) is 15.9 Å². The molecule has 2 aromatic rings. The van der Waals surface area contributed by atoms with E-state index in [-0.39, 0.29) is 16.6 Å². The number of carbonyl (C=O) groups is 1. The highest BCUT2D eigenvalue weighted by molar-refractivity contribution is 8.00. The molecular weight excluding hydrogens is 408 g/mol. The van der Waals surface area contributed by atoms with Gasteiger partial charge in [0.25, 0.3) is 0 Å². The van der Waals surface area contributed by atoms with Crippen LogP contribution >= 0.6 is 11.8 Å². The molecule has 0 unspecified atom stereocenters. The lowest BCUT2D eigenvalue weighted by atomic mass is 10.2. The lowest BCUT2D eigenvalue weighted by Crippen LogP contribution is -2.35. The monoisotopic (exact) mass is 434 g/mol. The average molecular weight is 435 g/mol. The number of nitrogens with one attached hydrogen (secondary N) is 1. The van der Waals surface area contributed by atoms with Crippen LogP contribution < -0.4 is 10.1 Å². The first-order chi connectivity index (χ1) is 14.0. The molecule has 1 fully saturated rings. The highest BCUT2D eigenvalue weighted by Crippen LogP contribution is 2.30. The molecule has 0 radical (unpaired) electrons. The first kappa shape index (κ1) is 21.7. The van der Waals surface area contributed by atoms with Crippen molar-refractivity contribution in [2.45, 2.75) is 36.0 Å². The molecule has 3 rings (SSSR count). The van der Waals surface area contributed by atoms with E-state index in [1.165, 1.54) is 22.1 Å². The summed E-state index contributed by atoms with van der Waals surface area (Å²) in [5.74, 6) is 0.467. The van der Waals surface area contributed by atoms with E-state index in [9.17, 15) is 13.2 Å². The molecule has 0 aliphatic carbocycles. The third-order valence-corrected chi connectivity index (χ3v) is 7.50. The first-order valence-electron chi connectivity index (χ1n) is 9.75. The van der Waals surface area contributed by atoms with Crippen molar-refractivity contribution in [3.8, 4) is 5.75 Å². The van der Waals surface area contributed by atoms with Gasteiger partial charge in [-0.2, -0.15) is 4.31 Å². The first-order valence-corrected chi connectivity index (χ1v) is 12.2. The Bertz CT molecular complexity index is 927. The number of piperidine rings is 1. The second-order valence-corrected chi connectivity index (χ2v) is 9.69. The summed E-state index contributed by atoms with van der Waals surface area (Å²) in [6.45, 7) is 3.32. The number of anilines is 1. The molecule has 0 spiro atoms. The summed E-state index contributed by atoms with van der Waals surface area (Å²) in [5, 5.41) is 2.81. The highest BCUT2D eigenvalue weighted by atomic mass is 32.2. The van der Waals surface area contributed by atoms with Crippen molar-refractivity contribution in [1.82, 2.24) is 4.31 Å². The molecule has 2 aromatic carbocycles. The Hall–Kier alpha value is -2.03. The fourth-order valence-electron chi connectivity index (χ4n) is 3.15. The maximum absolute atomic E-state index is 13.0. The van der Waals surface area contributed by atoms with Gasteiger partial charge >= 0.3 is 0 Å². The van der Waals surface area contributed by atoms with Crippen molar-refractivity contribution in [3.63, 3.8) is 0 Å². The normalized spacial score (nSPS) is 15.1. The Morgan fingerprint density at radius 1 is 1.10 bits per heavy atom. The summed E-state index contributed by atoms with van der Waals surface area (Å²) in [4.78, 5) is 13.6. The number of ether oxygens (including phenoxy) is 1. The maximum Gasteiger partial charge on any atom is 0.243 e. The zero-order chi connectivity index (χ0) is 20.7. The maximum atomic E-state index is 13.0. The number of sulfonamides is 1. The Labute approximate surface area is 176 Å². The Morgan fingerprint density at radius 3 is 2.52 bits per heavy atom. The van der Waals surface area contributed by atoms with Gasteiger partial charge in [0.05, 0.1) is 22.9 Å². The van der Waals surface area contributed by atoms with Crippen LogP contribution in [0.4, 0.5) is 5.69 Å². The molecule has 0 aromatic heterocycles. The van der Waals surface area contributed by atoms with Gasteiger partial charge in [0, 0.05) is 18.0 Å². The zero-order valence-electron chi connectivity index (χ0n) is 16.5. The van der Waals surface area contributed by atoms with E-state index in [4.69, 9.17) is 4.74 Å². The minimum absolute atomic E-state index is 0.175. The summed E-state index contributed by atoms with van der Waals surface area (Å²) in [6.07, 6.45) is 2.79. The summed E-state index contributed by atoms with van der Waals surface area (Å²) < 4.78 is 33.0. The third-order valence-electron chi connectivity index (χ3n) is 4.59. The molecule has 1 amide bonds. The Balaban J connectivity index is 1.76. The van der Waals surface area contributed by atoms with Crippen molar-refractivity contribution in [2.75, 3.05) is 30.8 Å². The summed E-state index contributed by atoms with van der Waals surface area (Å²) >= 11 is 1.42. The highest BCUT2D eigenvalue weighted by Gasteiger charge is 2.27. The minimum atomic E-state index is -3.59. The van der Waals surface area contributed by atoms with Gasteiger partial charge in [-0.3, -0.25) is 4.79 Å². The Morgan fingerprint density at radius 2 is 1.83 bits per heavy atom. The van der Waals surface area contributed by atoms with Crippen LogP contribution in [0, 0.1) is 0 Å². The van der Waals surface area contributed by atoms with Crippen LogP contribution in [-0.4, -0.2) is 44.1 Å². The molecule has 8 heteroatoms. The molecule has 6 nitrogen and oxygen atoms in total. The summed E-state index contributed by atoms with van der Waals surface area (Å²) in [5.41, 5.74) is 0.378. The van der Waals surface area contributed by atoms with Crippen LogP contribution in [0.1, 0.15) is 26.2 Å². The largest absolute Gasteiger partial charge is 0.492 e. The van der Waals surface area contributed by atoms with Crippen LogP contribution in [0.3, 0.4) is 0 Å².